The van der Waals surface area contributed by atoms with E-state index < -0.39 is 15.9 Å². The van der Waals surface area contributed by atoms with E-state index in [1.54, 1.807) is 18.2 Å². The minimum Gasteiger partial charge on any atom is -0.493 e. The van der Waals surface area contributed by atoms with Crippen LogP contribution in [0.1, 0.15) is 11.1 Å². The lowest BCUT2D eigenvalue weighted by atomic mass is 10.1. The monoisotopic (exact) mass is 536 g/mol. The van der Waals surface area contributed by atoms with Gasteiger partial charge in [0.1, 0.15) is 4.90 Å². The number of nitrogens with zero attached hydrogens (tertiary/aromatic N) is 1. The Kier molecular flexibility index (Phi) is 9.40. The molecule has 10 heteroatoms. The molecule has 0 aliphatic rings. The Hall–Kier alpha value is -2.78. The molecule has 0 aromatic heterocycles. The molecule has 1 N–H and O–H groups in total. The van der Waals surface area contributed by atoms with E-state index in [0.717, 1.165) is 15.4 Å². The average molecular weight is 537 g/mol. The van der Waals surface area contributed by atoms with Crippen molar-refractivity contribution < 1.29 is 22.7 Å². The second-order valence-electron chi connectivity index (χ2n) is 7.62. The molecule has 0 unspecified atom stereocenters. The van der Waals surface area contributed by atoms with E-state index in [-0.39, 0.29) is 34.6 Å². The van der Waals surface area contributed by atoms with Gasteiger partial charge >= 0.3 is 0 Å². The van der Waals surface area contributed by atoms with E-state index in [9.17, 15) is 13.2 Å². The topological polar surface area (TPSA) is 84.9 Å². The molecule has 0 saturated heterocycles. The van der Waals surface area contributed by atoms with Crippen molar-refractivity contribution in [2.24, 2.45) is 0 Å². The first kappa shape index (κ1) is 26.8. The fourth-order valence-corrected chi connectivity index (χ4v) is 5.54. The summed E-state index contributed by atoms with van der Waals surface area (Å²) in [5, 5.41) is 3.03. The Labute approximate surface area is 215 Å². The lowest BCUT2D eigenvalue weighted by Gasteiger charge is -2.22. The van der Waals surface area contributed by atoms with Crippen molar-refractivity contribution in [1.82, 2.24) is 9.62 Å². The van der Waals surface area contributed by atoms with Gasteiger partial charge in [0.25, 0.3) is 0 Å². The Balaban J connectivity index is 1.78. The molecule has 186 valence electrons. The van der Waals surface area contributed by atoms with E-state index in [0.29, 0.717) is 17.9 Å². The third-order valence-electron chi connectivity index (χ3n) is 5.26. The SMILES string of the molecule is COc1ccc(CNC(=O)CN(CCc2ccccc2)S(=O)(=O)c2cc(Cl)ccc2Cl)cc1OC. The van der Waals surface area contributed by atoms with Gasteiger partial charge in [0.2, 0.25) is 15.9 Å². The fourth-order valence-electron chi connectivity index (χ4n) is 3.40. The number of halogens is 2. The number of methoxy groups -OCH3 is 2. The highest BCUT2D eigenvalue weighted by molar-refractivity contribution is 7.89. The van der Waals surface area contributed by atoms with E-state index in [1.165, 1.54) is 32.4 Å². The number of amides is 1. The predicted octanol–water partition coefficient (Wildman–Crippen LogP) is 4.56. The summed E-state index contributed by atoms with van der Waals surface area (Å²) in [6.45, 7) is -0.117. The fraction of sp³-hybridized carbons (Fsp3) is 0.240. The molecule has 0 bridgehead atoms. The summed E-state index contributed by atoms with van der Waals surface area (Å²) in [5.74, 6) is 0.635. The molecule has 0 atom stereocenters. The maximum Gasteiger partial charge on any atom is 0.245 e. The molecule has 1 amide bonds. The molecule has 3 rings (SSSR count). The molecule has 35 heavy (non-hydrogen) atoms. The minimum atomic E-state index is -4.10. The third-order valence-corrected chi connectivity index (χ3v) is 7.82. The van der Waals surface area contributed by atoms with Crippen molar-refractivity contribution in [1.29, 1.82) is 0 Å². The van der Waals surface area contributed by atoms with Crippen LogP contribution in [0.5, 0.6) is 11.5 Å². The lowest BCUT2D eigenvalue weighted by Crippen LogP contribution is -2.41. The van der Waals surface area contributed by atoms with Gasteiger partial charge in [-0.3, -0.25) is 4.79 Å². The largest absolute Gasteiger partial charge is 0.493 e. The van der Waals surface area contributed by atoms with Gasteiger partial charge in [-0.15, -0.1) is 0 Å². The number of carbonyl (C=O) groups excluding carboxylic acids is 1. The van der Waals surface area contributed by atoms with Gasteiger partial charge in [0.15, 0.2) is 11.5 Å². The molecule has 0 aliphatic heterocycles. The first-order valence-electron chi connectivity index (χ1n) is 10.7. The Morgan fingerprint density at radius 2 is 1.63 bits per heavy atom. The number of hydrogen-bond acceptors (Lipinski definition) is 5. The average Bonchev–Trinajstić information content (AvgIpc) is 2.86. The Morgan fingerprint density at radius 1 is 0.914 bits per heavy atom. The Morgan fingerprint density at radius 3 is 2.31 bits per heavy atom. The second kappa shape index (κ2) is 12.3. The minimum absolute atomic E-state index is 0.0323. The van der Waals surface area contributed by atoms with Gasteiger partial charge in [-0.2, -0.15) is 4.31 Å². The van der Waals surface area contributed by atoms with Gasteiger partial charge in [0.05, 0.1) is 25.8 Å². The summed E-state index contributed by atoms with van der Waals surface area (Å²) in [5.41, 5.74) is 1.71. The number of carbonyl (C=O) groups is 1. The molecular weight excluding hydrogens is 511 g/mol. The molecule has 0 aliphatic carbocycles. The van der Waals surface area contributed by atoms with E-state index in [4.69, 9.17) is 32.7 Å². The Bertz CT molecular complexity index is 1270. The van der Waals surface area contributed by atoms with Crippen LogP contribution >= 0.6 is 23.2 Å². The highest BCUT2D eigenvalue weighted by Crippen LogP contribution is 2.29. The van der Waals surface area contributed by atoms with Crippen molar-refractivity contribution in [2.45, 2.75) is 17.9 Å². The van der Waals surface area contributed by atoms with Crippen molar-refractivity contribution in [2.75, 3.05) is 27.3 Å². The van der Waals surface area contributed by atoms with E-state index >= 15 is 0 Å². The first-order chi connectivity index (χ1) is 16.7. The molecule has 0 spiro atoms. The lowest BCUT2D eigenvalue weighted by molar-refractivity contribution is -0.121. The van der Waals surface area contributed by atoms with Crippen LogP contribution in [0, 0.1) is 0 Å². The molecule has 7 nitrogen and oxygen atoms in total. The van der Waals surface area contributed by atoms with E-state index in [2.05, 4.69) is 5.32 Å². The zero-order valence-corrected chi connectivity index (χ0v) is 21.7. The molecule has 3 aromatic rings. The van der Waals surface area contributed by atoms with Crippen molar-refractivity contribution in [3.63, 3.8) is 0 Å². The van der Waals surface area contributed by atoms with Crippen molar-refractivity contribution in [3.05, 3.63) is 87.9 Å². The number of ether oxygens (including phenoxy) is 2. The summed E-state index contributed by atoms with van der Waals surface area (Å²) in [6.07, 6.45) is 0.418. The van der Waals surface area contributed by atoms with Crippen LogP contribution in [0.25, 0.3) is 0 Å². The van der Waals surface area contributed by atoms with Gasteiger partial charge in [0, 0.05) is 18.1 Å². The van der Waals surface area contributed by atoms with Crippen LogP contribution in [-0.2, 0) is 27.8 Å². The summed E-state index contributed by atoms with van der Waals surface area (Å²) in [4.78, 5) is 12.7. The number of sulfonamides is 1. The van der Waals surface area contributed by atoms with Gasteiger partial charge in [-0.05, 0) is 47.9 Å². The highest BCUT2D eigenvalue weighted by atomic mass is 35.5. The van der Waals surface area contributed by atoms with Crippen molar-refractivity contribution in [3.8, 4) is 11.5 Å². The zero-order valence-electron chi connectivity index (χ0n) is 19.3. The summed E-state index contributed by atoms with van der Waals surface area (Å²) in [7, 11) is -1.04. The number of hydrogen-bond donors (Lipinski definition) is 1. The van der Waals surface area contributed by atoms with Gasteiger partial charge < -0.3 is 14.8 Å². The van der Waals surface area contributed by atoms with Crippen LogP contribution in [0.4, 0.5) is 0 Å². The number of rotatable bonds is 11. The zero-order chi connectivity index (χ0) is 25.4. The molecule has 0 heterocycles. The summed E-state index contributed by atoms with van der Waals surface area (Å²) < 4.78 is 38.6. The number of benzene rings is 3. The second-order valence-corrected chi connectivity index (χ2v) is 10.4. The number of nitrogens with one attached hydrogen (secondary N) is 1. The first-order valence-corrected chi connectivity index (χ1v) is 12.9. The molecule has 3 aromatic carbocycles. The van der Waals surface area contributed by atoms with Crippen LogP contribution in [0.2, 0.25) is 10.0 Å². The standard InChI is InChI=1S/C25H26Cl2N2O5S/c1-33-22-11-8-19(14-23(22)34-2)16-28-25(30)17-29(13-12-18-6-4-3-5-7-18)35(31,32)24-15-20(26)9-10-21(24)27/h3-11,14-15H,12-13,16-17H2,1-2H3,(H,28,30). The van der Waals surface area contributed by atoms with Crippen LogP contribution in [0.3, 0.4) is 0 Å². The molecular formula is C25H26Cl2N2O5S. The molecule has 0 fully saturated rings. The van der Waals surface area contributed by atoms with Gasteiger partial charge in [-0.25, -0.2) is 8.42 Å². The van der Waals surface area contributed by atoms with Crippen LogP contribution < -0.4 is 14.8 Å². The summed E-state index contributed by atoms with van der Waals surface area (Å²) in [6, 6.07) is 18.9. The van der Waals surface area contributed by atoms with E-state index in [1.807, 2.05) is 30.3 Å². The maximum atomic E-state index is 13.5. The van der Waals surface area contributed by atoms with Crippen LogP contribution in [0.15, 0.2) is 71.6 Å². The van der Waals surface area contributed by atoms with Gasteiger partial charge in [-0.1, -0.05) is 59.6 Å². The quantitative estimate of drug-likeness (QED) is 0.388. The smallest absolute Gasteiger partial charge is 0.245 e. The normalized spacial score (nSPS) is 11.3. The van der Waals surface area contributed by atoms with Crippen LogP contribution in [-0.4, -0.2) is 45.9 Å². The predicted molar refractivity (Wildman–Crippen MR) is 137 cm³/mol. The molecule has 0 saturated carbocycles. The van der Waals surface area contributed by atoms with Crippen molar-refractivity contribution >= 4 is 39.1 Å². The maximum absolute atomic E-state index is 13.5. The summed E-state index contributed by atoms with van der Waals surface area (Å²) >= 11 is 12.2. The third kappa shape index (κ3) is 7.11. The highest BCUT2D eigenvalue weighted by Gasteiger charge is 2.29. The molecule has 0 radical (unpaired) electrons.